The van der Waals surface area contributed by atoms with Gasteiger partial charge in [-0.3, -0.25) is 14.2 Å². The largest absolute Gasteiger partial charge is 0.369 e. The number of amides is 1. The molecule has 4 aromatic rings. The van der Waals surface area contributed by atoms with Crippen molar-refractivity contribution in [3.8, 4) is 5.82 Å². The highest BCUT2D eigenvalue weighted by Crippen LogP contribution is 2.28. The summed E-state index contributed by atoms with van der Waals surface area (Å²) in [6.45, 7) is 5.63. The van der Waals surface area contributed by atoms with Crippen LogP contribution in [0.15, 0.2) is 42.9 Å². The van der Waals surface area contributed by atoms with Crippen LogP contribution in [0.1, 0.15) is 36.7 Å². The number of para-hydroxylation sites is 1. The number of benzene rings is 1. The quantitative estimate of drug-likeness (QED) is 0.534. The summed E-state index contributed by atoms with van der Waals surface area (Å²) in [6, 6.07) is 7.73. The van der Waals surface area contributed by atoms with Crippen molar-refractivity contribution < 1.29 is 9.59 Å². The summed E-state index contributed by atoms with van der Waals surface area (Å²) in [4.78, 5) is 36.4. The molecule has 1 amide bonds. The van der Waals surface area contributed by atoms with Gasteiger partial charge in [0.15, 0.2) is 17.2 Å². The normalized spacial score (nSPS) is 12.0. The molecule has 0 spiro atoms. The van der Waals surface area contributed by atoms with E-state index in [1.807, 2.05) is 55.8 Å². The minimum atomic E-state index is -0.526. The molecule has 3 aromatic heterocycles. The van der Waals surface area contributed by atoms with E-state index >= 15 is 0 Å². The lowest BCUT2D eigenvalue weighted by atomic mass is 9.87. The second kappa shape index (κ2) is 6.30. The summed E-state index contributed by atoms with van der Waals surface area (Å²) < 4.78 is 1.87. The number of Topliss-reactive ketones (excluding diaryl/α,β-unsaturated/α-hetero) is 1. The Balaban J connectivity index is 1.91. The van der Waals surface area contributed by atoms with Gasteiger partial charge in [0.2, 0.25) is 5.91 Å². The third-order valence-electron chi connectivity index (χ3n) is 4.70. The number of primary amides is 1. The number of hydrogen-bond donors (Lipinski definition) is 2. The van der Waals surface area contributed by atoms with E-state index in [1.54, 1.807) is 12.4 Å². The molecule has 0 aliphatic rings. The van der Waals surface area contributed by atoms with Crippen molar-refractivity contribution >= 4 is 33.8 Å². The Bertz CT molecular complexity index is 1230. The molecule has 0 saturated carbocycles. The van der Waals surface area contributed by atoms with Crippen LogP contribution >= 0.6 is 0 Å². The molecule has 7 nitrogen and oxygen atoms in total. The predicted octanol–water partition coefficient (Wildman–Crippen LogP) is 3.16. The number of aromatic nitrogens is 4. The molecule has 142 valence electrons. The molecule has 0 saturated heterocycles. The second-order valence-electron chi connectivity index (χ2n) is 7.89. The molecule has 4 rings (SSSR count). The van der Waals surface area contributed by atoms with Crippen molar-refractivity contribution in [1.29, 1.82) is 0 Å². The van der Waals surface area contributed by atoms with Gasteiger partial charge in [0.25, 0.3) is 0 Å². The first-order valence-corrected chi connectivity index (χ1v) is 9.02. The van der Waals surface area contributed by atoms with Gasteiger partial charge in [-0.15, -0.1) is 0 Å². The van der Waals surface area contributed by atoms with Crippen LogP contribution in [-0.2, 0) is 11.2 Å². The van der Waals surface area contributed by atoms with Crippen LogP contribution in [0.2, 0.25) is 0 Å². The smallest absolute Gasteiger partial charge is 0.221 e. The Labute approximate surface area is 161 Å². The number of aromatic amines is 1. The maximum Gasteiger partial charge on any atom is 0.221 e. The van der Waals surface area contributed by atoms with Gasteiger partial charge in [-0.25, -0.2) is 9.97 Å². The molecule has 0 atom stereocenters. The highest BCUT2D eigenvalue weighted by Gasteiger charge is 2.26. The molecule has 0 aliphatic carbocycles. The van der Waals surface area contributed by atoms with E-state index in [0.717, 1.165) is 16.5 Å². The van der Waals surface area contributed by atoms with Crippen LogP contribution in [-0.4, -0.2) is 31.2 Å². The number of nitrogens with two attached hydrogens (primary N) is 1. The van der Waals surface area contributed by atoms with Gasteiger partial charge in [-0.2, -0.15) is 0 Å². The molecule has 0 unspecified atom stereocenters. The summed E-state index contributed by atoms with van der Waals surface area (Å²) in [7, 11) is 0. The van der Waals surface area contributed by atoms with Crippen LogP contribution < -0.4 is 5.73 Å². The zero-order chi connectivity index (χ0) is 20.1. The zero-order valence-electron chi connectivity index (χ0n) is 16.0. The average Bonchev–Trinajstić information content (AvgIpc) is 3.21. The van der Waals surface area contributed by atoms with E-state index in [9.17, 15) is 9.59 Å². The molecule has 28 heavy (non-hydrogen) atoms. The van der Waals surface area contributed by atoms with Crippen molar-refractivity contribution in [3.05, 3.63) is 54.0 Å². The lowest BCUT2D eigenvalue weighted by Gasteiger charge is -2.15. The highest BCUT2D eigenvalue weighted by atomic mass is 16.1. The molecule has 0 aliphatic heterocycles. The van der Waals surface area contributed by atoms with E-state index in [2.05, 4.69) is 9.97 Å². The maximum absolute atomic E-state index is 12.8. The van der Waals surface area contributed by atoms with E-state index in [4.69, 9.17) is 10.7 Å². The van der Waals surface area contributed by atoms with E-state index in [0.29, 0.717) is 22.5 Å². The number of nitrogens with zero attached hydrogens (tertiary/aromatic N) is 3. The number of nitrogens with one attached hydrogen (secondary N) is 1. The minimum Gasteiger partial charge on any atom is -0.369 e. The van der Waals surface area contributed by atoms with Gasteiger partial charge in [-0.05, 0) is 11.6 Å². The van der Waals surface area contributed by atoms with Crippen LogP contribution in [0.3, 0.4) is 0 Å². The van der Waals surface area contributed by atoms with E-state index in [1.165, 1.54) is 0 Å². The fourth-order valence-corrected chi connectivity index (χ4v) is 3.34. The van der Waals surface area contributed by atoms with Crippen molar-refractivity contribution in [2.45, 2.75) is 27.2 Å². The Morgan fingerprint density at radius 1 is 1.21 bits per heavy atom. The summed E-state index contributed by atoms with van der Waals surface area (Å²) in [5.74, 6) is 0.173. The number of fused-ring (bicyclic) bond motifs is 2. The van der Waals surface area contributed by atoms with E-state index in [-0.39, 0.29) is 12.2 Å². The monoisotopic (exact) mass is 375 g/mol. The second-order valence-corrected chi connectivity index (χ2v) is 7.89. The zero-order valence-corrected chi connectivity index (χ0v) is 16.0. The van der Waals surface area contributed by atoms with Crippen molar-refractivity contribution in [1.82, 2.24) is 19.5 Å². The molecule has 1 aromatic carbocycles. The van der Waals surface area contributed by atoms with Gasteiger partial charge in [0, 0.05) is 23.2 Å². The maximum atomic E-state index is 12.8. The van der Waals surface area contributed by atoms with Gasteiger partial charge in [-0.1, -0.05) is 39.0 Å². The Hall–Kier alpha value is -3.48. The van der Waals surface area contributed by atoms with Crippen LogP contribution in [0.25, 0.3) is 27.9 Å². The van der Waals surface area contributed by atoms with Gasteiger partial charge < -0.3 is 10.7 Å². The third kappa shape index (κ3) is 2.94. The minimum absolute atomic E-state index is 0.00279. The lowest BCUT2D eigenvalue weighted by Crippen LogP contribution is -2.20. The molecular weight excluding hydrogens is 354 g/mol. The van der Waals surface area contributed by atoms with Crippen molar-refractivity contribution in [2.75, 3.05) is 0 Å². The molecule has 3 N–H and O–H groups in total. The molecule has 3 heterocycles. The molecule has 0 radical (unpaired) electrons. The Morgan fingerprint density at radius 2 is 1.96 bits per heavy atom. The van der Waals surface area contributed by atoms with Gasteiger partial charge >= 0.3 is 0 Å². The highest BCUT2D eigenvalue weighted by molar-refractivity contribution is 6.08. The Kier molecular flexibility index (Phi) is 4.03. The SMILES string of the molecule is CC(C)(C)C(=O)c1c[nH]c2ncc(-n3cc(CC(N)=O)c4ccccc43)nc12. The number of H-pyrrole nitrogens is 1. The number of carbonyl (C=O) groups excluding carboxylic acids is 2. The number of hydrogen-bond acceptors (Lipinski definition) is 4. The van der Waals surface area contributed by atoms with Crippen LogP contribution in [0.4, 0.5) is 0 Å². The average molecular weight is 375 g/mol. The molecule has 0 fully saturated rings. The van der Waals surface area contributed by atoms with Crippen LogP contribution in [0, 0.1) is 5.41 Å². The Morgan fingerprint density at radius 3 is 2.68 bits per heavy atom. The first-order valence-electron chi connectivity index (χ1n) is 9.02. The van der Waals surface area contributed by atoms with Crippen molar-refractivity contribution in [2.24, 2.45) is 11.1 Å². The fourth-order valence-electron chi connectivity index (χ4n) is 3.34. The first-order chi connectivity index (χ1) is 13.3. The predicted molar refractivity (Wildman–Crippen MR) is 107 cm³/mol. The summed E-state index contributed by atoms with van der Waals surface area (Å²) in [5, 5.41) is 0.934. The number of rotatable bonds is 4. The number of ketones is 1. The van der Waals surface area contributed by atoms with Crippen LogP contribution in [0.5, 0.6) is 0 Å². The standard InChI is InChI=1S/C21H21N5O2/c1-21(2,3)19(28)14-9-23-20-18(14)25-17(10-24-20)26-11-12(8-16(22)27)13-6-4-5-7-15(13)26/h4-7,9-11H,8H2,1-3H3,(H2,22,27)(H,23,24). The summed E-state index contributed by atoms with van der Waals surface area (Å²) in [5.41, 5.74) is 8.21. The van der Waals surface area contributed by atoms with E-state index < -0.39 is 11.3 Å². The topological polar surface area (TPSA) is 107 Å². The molecular formula is C21H21N5O2. The number of carbonyl (C=O) groups is 2. The van der Waals surface area contributed by atoms with Gasteiger partial charge in [0.05, 0.1) is 23.7 Å². The van der Waals surface area contributed by atoms with Crippen molar-refractivity contribution in [3.63, 3.8) is 0 Å². The summed E-state index contributed by atoms with van der Waals surface area (Å²) in [6.07, 6.45) is 5.29. The third-order valence-corrected chi connectivity index (χ3v) is 4.70. The molecule has 7 heteroatoms. The fraction of sp³-hybridized carbons (Fsp3) is 0.238. The molecule has 0 bridgehead atoms. The van der Waals surface area contributed by atoms with Gasteiger partial charge in [0.1, 0.15) is 5.52 Å². The lowest BCUT2D eigenvalue weighted by molar-refractivity contribution is -0.117. The summed E-state index contributed by atoms with van der Waals surface area (Å²) >= 11 is 0. The first kappa shape index (κ1) is 17.9.